The maximum Gasteiger partial charge on any atom is 0.319 e. The van der Waals surface area contributed by atoms with E-state index < -0.39 is 0 Å². The summed E-state index contributed by atoms with van der Waals surface area (Å²) in [5.41, 5.74) is 2.99. The summed E-state index contributed by atoms with van der Waals surface area (Å²) in [6.45, 7) is 2.43. The van der Waals surface area contributed by atoms with Crippen LogP contribution in [0.25, 0.3) is 0 Å². The van der Waals surface area contributed by atoms with Crippen molar-refractivity contribution in [2.75, 3.05) is 11.9 Å². The standard InChI is InChI=1S/C17H17BrN2O2/c1-11-14(18)6-4-7-15(11)20-17(21)19-10-13-9-12-5-2-3-8-16(12)22-13/h2-8,13H,9-10H2,1H3,(H2,19,20,21). The second-order valence-corrected chi connectivity index (χ2v) is 6.15. The largest absolute Gasteiger partial charge is 0.488 e. The van der Waals surface area contributed by atoms with Crippen molar-refractivity contribution >= 4 is 27.6 Å². The van der Waals surface area contributed by atoms with E-state index in [1.165, 1.54) is 5.56 Å². The van der Waals surface area contributed by atoms with Gasteiger partial charge in [-0.3, -0.25) is 0 Å². The predicted octanol–water partition coefficient (Wildman–Crippen LogP) is 3.88. The molecule has 0 saturated carbocycles. The summed E-state index contributed by atoms with van der Waals surface area (Å²) in [5.74, 6) is 0.914. The predicted molar refractivity (Wildman–Crippen MR) is 90.5 cm³/mol. The second kappa shape index (κ2) is 6.40. The Labute approximate surface area is 138 Å². The van der Waals surface area contributed by atoms with Gasteiger partial charge in [0, 0.05) is 16.6 Å². The van der Waals surface area contributed by atoms with E-state index in [1.807, 2.05) is 43.3 Å². The molecule has 2 aromatic rings. The molecule has 0 aliphatic carbocycles. The summed E-state index contributed by atoms with van der Waals surface area (Å²) in [7, 11) is 0. The highest BCUT2D eigenvalue weighted by atomic mass is 79.9. The number of hydrogen-bond acceptors (Lipinski definition) is 2. The van der Waals surface area contributed by atoms with Gasteiger partial charge < -0.3 is 15.4 Å². The van der Waals surface area contributed by atoms with Crippen molar-refractivity contribution < 1.29 is 9.53 Å². The van der Waals surface area contributed by atoms with Gasteiger partial charge in [0.05, 0.1) is 6.54 Å². The number of halogens is 1. The minimum absolute atomic E-state index is 0.00763. The average Bonchev–Trinajstić information content (AvgIpc) is 2.93. The van der Waals surface area contributed by atoms with Crippen LogP contribution in [0.2, 0.25) is 0 Å². The van der Waals surface area contributed by atoms with Crippen molar-refractivity contribution in [1.82, 2.24) is 5.32 Å². The minimum atomic E-state index is -0.222. The fraction of sp³-hybridized carbons (Fsp3) is 0.235. The van der Waals surface area contributed by atoms with Crippen LogP contribution in [-0.2, 0) is 6.42 Å². The zero-order chi connectivity index (χ0) is 15.5. The number of hydrogen-bond donors (Lipinski definition) is 2. The smallest absolute Gasteiger partial charge is 0.319 e. The molecular formula is C17H17BrN2O2. The van der Waals surface area contributed by atoms with Crippen LogP contribution in [-0.4, -0.2) is 18.7 Å². The van der Waals surface area contributed by atoms with Crippen LogP contribution in [0.4, 0.5) is 10.5 Å². The van der Waals surface area contributed by atoms with Gasteiger partial charge >= 0.3 is 6.03 Å². The van der Waals surface area contributed by atoms with E-state index in [2.05, 4.69) is 32.6 Å². The number of para-hydroxylation sites is 1. The first-order valence-electron chi connectivity index (χ1n) is 7.18. The van der Waals surface area contributed by atoms with E-state index in [4.69, 9.17) is 4.74 Å². The van der Waals surface area contributed by atoms with Crippen LogP contribution in [0.5, 0.6) is 5.75 Å². The number of rotatable bonds is 3. The summed E-state index contributed by atoms with van der Waals surface area (Å²) >= 11 is 3.45. The normalized spacial score (nSPS) is 15.8. The number of benzene rings is 2. The molecule has 1 heterocycles. The van der Waals surface area contributed by atoms with Crippen LogP contribution in [0.1, 0.15) is 11.1 Å². The Kier molecular flexibility index (Phi) is 4.34. The van der Waals surface area contributed by atoms with Gasteiger partial charge in [-0.1, -0.05) is 40.2 Å². The molecule has 1 unspecified atom stereocenters. The third-order valence-corrected chi connectivity index (χ3v) is 4.58. The van der Waals surface area contributed by atoms with Crippen molar-refractivity contribution in [3.63, 3.8) is 0 Å². The van der Waals surface area contributed by atoms with Crippen LogP contribution in [0.15, 0.2) is 46.9 Å². The Morgan fingerprint density at radius 1 is 1.27 bits per heavy atom. The SMILES string of the molecule is Cc1c(Br)cccc1NC(=O)NCC1Cc2ccccc2O1. The summed E-state index contributed by atoms with van der Waals surface area (Å²) < 4.78 is 6.77. The van der Waals surface area contributed by atoms with Gasteiger partial charge in [-0.25, -0.2) is 4.79 Å². The first kappa shape index (κ1) is 14.9. The molecule has 2 amide bonds. The summed E-state index contributed by atoms with van der Waals surface area (Å²) in [5, 5.41) is 5.72. The Bertz CT molecular complexity index is 678. The van der Waals surface area contributed by atoms with E-state index in [0.717, 1.165) is 27.9 Å². The van der Waals surface area contributed by atoms with Gasteiger partial charge in [-0.05, 0) is 36.2 Å². The van der Waals surface area contributed by atoms with Crippen LogP contribution in [0, 0.1) is 6.92 Å². The molecule has 3 rings (SSSR count). The maximum atomic E-state index is 12.0. The Balaban J connectivity index is 1.53. The molecule has 5 heteroatoms. The first-order valence-corrected chi connectivity index (χ1v) is 7.97. The van der Waals surface area contributed by atoms with E-state index in [0.29, 0.717) is 6.54 Å². The summed E-state index contributed by atoms with van der Waals surface area (Å²) in [4.78, 5) is 12.0. The fourth-order valence-corrected chi connectivity index (χ4v) is 2.85. The van der Waals surface area contributed by atoms with Gasteiger partial charge in [0.25, 0.3) is 0 Å². The molecular weight excluding hydrogens is 344 g/mol. The average molecular weight is 361 g/mol. The molecule has 2 N–H and O–H groups in total. The monoisotopic (exact) mass is 360 g/mol. The number of anilines is 1. The number of amides is 2. The summed E-state index contributed by atoms with van der Waals surface area (Å²) in [6, 6.07) is 13.5. The highest BCUT2D eigenvalue weighted by Gasteiger charge is 2.22. The van der Waals surface area contributed by atoms with Crippen LogP contribution < -0.4 is 15.4 Å². The number of carbonyl (C=O) groups excluding carboxylic acids is 1. The van der Waals surface area contributed by atoms with E-state index in [1.54, 1.807) is 0 Å². The van der Waals surface area contributed by atoms with E-state index in [9.17, 15) is 4.79 Å². The van der Waals surface area contributed by atoms with Gasteiger partial charge in [0.15, 0.2) is 0 Å². The molecule has 0 fully saturated rings. The second-order valence-electron chi connectivity index (χ2n) is 5.30. The Morgan fingerprint density at radius 2 is 2.09 bits per heavy atom. The number of fused-ring (bicyclic) bond motifs is 1. The van der Waals surface area contributed by atoms with Crippen molar-refractivity contribution in [3.8, 4) is 5.75 Å². The van der Waals surface area contributed by atoms with Crippen molar-refractivity contribution in [1.29, 1.82) is 0 Å². The Hall–Kier alpha value is -2.01. The lowest BCUT2D eigenvalue weighted by Crippen LogP contribution is -2.37. The third-order valence-electron chi connectivity index (χ3n) is 3.72. The molecule has 1 atom stereocenters. The molecule has 1 aliphatic heterocycles. The zero-order valence-electron chi connectivity index (χ0n) is 12.2. The number of carbonyl (C=O) groups is 1. The van der Waals surface area contributed by atoms with Crippen LogP contribution in [0.3, 0.4) is 0 Å². The van der Waals surface area contributed by atoms with Gasteiger partial charge in [0.1, 0.15) is 11.9 Å². The van der Waals surface area contributed by atoms with Crippen molar-refractivity contribution in [2.24, 2.45) is 0 Å². The van der Waals surface area contributed by atoms with Crippen molar-refractivity contribution in [2.45, 2.75) is 19.4 Å². The quantitative estimate of drug-likeness (QED) is 0.872. The number of urea groups is 1. The van der Waals surface area contributed by atoms with E-state index >= 15 is 0 Å². The molecule has 114 valence electrons. The molecule has 22 heavy (non-hydrogen) atoms. The lowest BCUT2D eigenvalue weighted by Gasteiger charge is -2.14. The fourth-order valence-electron chi connectivity index (χ4n) is 2.48. The summed E-state index contributed by atoms with van der Waals surface area (Å²) in [6.07, 6.45) is 0.818. The highest BCUT2D eigenvalue weighted by Crippen LogP contribution is 2.27. The maximum absolute atomic E-state index is 12.0. The van der Waals surface area contributed by atoms with Gasteiger partial charge in [-0.15, -0.1) is 0 Å². The molecule has 0 bridgehead atoms. The molecule has 0 saturated heterocycles. The van der Waals surface area contributed by atoms with Crippen molar-refractivity contribution in [3.05, 3.63) is 58.1 Å². The lowest BCUT2D eigenvalue weighted by atomic mass is 10.1. The number of ether oxygens (including phenoxy) is 1. The molecule has 0 spiro atoms. The van der Waals surface area contributed by atoms with Gasteiger partial charge in [0.2, 0.25) is 0 Å². The lowest BCUT2D eigenvalue weighted by molar-refractivity contribution is 0.219. The van der Waals surface area contributed by atoms with Gasteiger partial charge in [-0.2, -0.15) is 0 Å². The third kappa shape index (κ3) is 3.25. The topological polar surface area (TPSA) is 50.4 Å². The van der Waals surface area contributed by atoms with Crippen LogP contribution >= 0.6 is 15.9 Å². The first-order chi connectivity index (χ1) is 10.6. The molecule has 1 aliphatic rings. The molecule has 2 aromatic carbocycles. The van der Waals surface area contributed by atoms with E-state index in [-0.39, 0.29) is 12.1 Å². The molecule has 0 aromatic heterocycles. The highest BCUT2D eigenvalue weighted by molar-refractivity contribution is 9.10. The molecule has 4 nitrogen and oxygen atoms in total. The number of nitrogens with one attached hydrogen (secondary N) is 2. The minimum Gasteiger partial charge on any atom is -0.488 e. The Morgan fingerprint density at radius 3 is 2.91 bits per heavy atom. The zero-order valence-corrected chi connectivity index (χ0v) is 13.8. The molecule has 0 radical (unpaired) electrons.